The summed E-state index contributed by atoms with van der Waals surface area (Å²) in [6, 6.07) is -0.443. The zero-order valence-electron chi connectivity index (χ0n) is 16.5. The SMILES string of the molecule is C=CCNc1nc(C(=O)N2CCN(CC(=O)NC3CCCCNC3=O)CC2)cs1. The molecule has 2 aliphatic heterocycles. The van der Waals surface area contributed by atoms with E-state index in [9.17, 15) is 14.4 Å². The van der Waals surface area contributed by atoms with E-state index in [-0.39, 0.29) is 24.3 Å². The Kier molecular flexibility index (Phi) is 7.59. The smallest absolute Gasteiger partial charge is 0.273 e. The Bertz CT molecular complexity index is 744. The fraction of sp³-hybridized carbons (Fsp3) is 0.579. The van der Waals surface area contributed by atoms with E-state index >= 15 is 0 Å². The maximum atomic E-state index is 12.6. The van der Waals surface area contributed by atoms with Crippen molar-refractivity contribution in [2.75, 3.05) is 51.1 Å². The van der Waals surface area contributed by atoms with Gasteiger partial charge in [0.15, 0.2) is 5.13 Å². The summed E-state index contributed by atoms with van der Waals surface area (Å²) in [4.78, 5) is 45.0. The van der Waals surface area contributed by atoms with Crippen molar-refractivity contribution >= 4 is 34.2 Å². The lowest BCUT2D eigenvalue weighted by Crippen LogP contribution is -2.53. The van der Waals surface area contributed by atoms with Crippen molar-refractivity contribution in [2.24, 2.45) is 0 Å². The number of amides is 3. The van der Waals surface area contributed by atoms with Crippen LogP contribution in [0.5, 0.6) is 0 Å². The number of nitrogens with zero attached hydrogens (tertiary/aromatic N) is 3. The molecule has 9 nitrogen and oxygen atoms in total. The molecule has 0 aromatic carbocycles. The van der Waals surface area contributed by atoms with Crippen LogP contribution < -0.4 is 16.0 Å². The summed E-state index contributed by atoms with van der Waals surface area (Å²) < 4.78 is 0. The van der Waals surface area contributed by atoms with Crippen LogP contribution in [0.2, 0.25) is 0 Å². The second-order valence-electron chi connectivity index (χ2n) is 7.18. The van der Waals surface area contributed by atoms with Gasteiger partial charge in [-0.25, -0.2) is 4.98 Å². The highest BCUT2D eigenvalue weighted by Crippen LogP contribution is 2.17. The third kappa shape index (κ3) is 6.01. The molecule has 1 unspecified atom stereocenters. The lowest BCUT2D eigenvalue weighted by Gasteiger charge is -2.34. The predicted octanol–water partition coefficient (Wildman–Crippen LogP) is 0.284. The Hall–Kier alpha value is -2.46. The first kappa shape index (κ1) is 21.3. The number of aromatic nitrogens is 1. The van der Waals surface area contributed by atoms with Crippen LogP contribution in [0.3, 0.4) is 0 Å². The van der Waals surface area contributed by atoms with Crippen molar-refractivity contribution in [1.29, 1.82) is 0 Å². The van der Waals surface area contributed by atoms with Gasteiger partial charge in [0.05, 0.1) is 6.54 Å². The molecule has 1 atom stereocenters. The van der Waals surface area contributed by atoms with Crippen LogP contribution in [0, 0.1) is 0 Å². The van der Waals surface area contributed by atoms with Gasteiger partial charge in [-0.1, -0.05) is 6.08 Å². The van der Waals surface area contributed by atoms with Crippen LogP contribution in [0.25, 0.3) is 0 Å². The number of hydrogen-bond acceptors (Lipinski definition) is 7. The number of piperazine rings is 1. The van der Waals surface area contributed by atoms with E-state index in [1.54, 1.807) is 16.4 Å². The van der Waals surface area contributed by atoms with Gasteiger partial charge in [-0.05, 0) is 19.3 Å². The molecule has 158 valence electrons. The number of anilines is 1. The molecule has 2 saturated heterocycles. The number of nitrogens with one attached hydrogen (secondary N) is 3. The number of carbonyl (C=O) groups is 3. The van der Waals surface area contributed by atoms with Crippen molar-refractivity contribution in [3.05, 3.63) is 23.7 Å². The maximum Gasteiger partial charge on any atom is 0.273 e. The predicted molar refractivity (Wildman–Crippen MR) is 112 cm³/mol. The second kappa shape index (κ2) is 10.4. The highest BCUT2D eigenvalue weighted by atomic mass is 32.1. The Labute approximate surface area is 174 Å². The van der Waals surface area contributed by atoms with Crippen molar-refractivity contribution in [3.63, 3.8) is 0 Å². The molecular formula is C19H28N6O3S. The minimum absolute atomic E-state index is 0.0906. The minimum atomic E-state index is -0.443. The fourth-order valence-electron chi connectivity index (χ4n) is 3.40. The normalized spacial score (nSPS) is 20.5. The fourth-order valence-corrected chi connectivity index (χ4v) is 4.10. The lowest BCUT2D eigenvalue weighted by molar-refractivity contribution is -0.129. The number of thiazole rings is 1. The summed E-state index contributed by atoms with van der Waals surface area (Å²) in [5.41, 5.74) is 0.437. The molecule has 2 aliphatic rings. The molecule has 10 heteroatoms. The molecule has 3 rings (SSSR count). The molecule has 0 spiro atoms. The summed E-state index contributed by atoms with van der Waals surface area (Å²) in [5, 5.41) is 11.2. The van der Waals surface area contributed by atoms with E-state index in [1.807, 2.05) is 4.90 Å². The van der Waals surface area contributed by atoms with Gasteiger partial charge in [-0.2, -0.15) is 0 Å². The average Bonchev–Trinajstić information content (AvgIpc) is 3.11. The van der Waals surface area contributed by atoms with Crippen molar-refractivity contribution < 1.29 is 14.4 Å². The van der Waals surface area contributed by atoms with Gasteiger partial charge in [-0.3, -0.25) is 19.3 Å². The van der Waals surface area contributed by atoms with Gasteiger partial charge >= 0.3 is 0 Å². The molecule has 0 saturated carbocycles. The van der Waals surface area contributed by atoms with E-state index in [2.05, 4.69) is 27.5 Å². The molecule has 1 aromatic heterocycles. The van der Waals surface area contributed by atoms with E-state index in [0.717, 1.165) is 12.8 Å². The molecule has 0 aliphatic carbocycles. The standard InChI is InChI=1S/C19H28N6O3S/c1-2-6-21-19-23-15(13-29-19)18(28)25-10-8-24(9-11-25)12-16(26)22-14-5-3-4-7-20-17(14)27/h2,13-14H,1,3-12H2,(H,20,27)(H,21,23)(H,22,26). The molecular weight excluding hydrogens is 392 g/mol. The van der Waals surface area contributed by atoms with Gasteiger partial charge in [-0.15, -0.1) is 17.9 Å². The van der Waals surface area contributed by atoms with Gasteiger partial charge in [0, 0.05) is 44.6 Å². The van der Waals surface area contributed by atoms with Crippen LogP contribution in [-0.2, 0) is 9.59 Å². The molecule has 3 amide bonds. The first-order valence-corrected chi connectivity index (χ1v) is 10.8. The first-order chi connectivity index (χ1) is 14.1. The third-order valence-corrected chi connectivity index (χ3v) is 5.82. The Balaban J connectivity index is 1.43. The summed E-state index contributed by atoms with van der Waals surface area (Å²) in [5.74, 6) is -0.340. The van der Waals surface area contributed by atoms with Crippen LogP contribution in [-0.4, -0.2) is 84.4 Å². The van der Waals surface area contributed by atoms with Crippen molar-refractivity contribution in [3.8, 4) is 0 Å². The summed E-state index contributed by atoms with van der Waals surface area (Å²) in [6.45, 7) is 7.47. The molecule has 1 aromatic rings. The van der Waals surface area contributed by atoms with E-state index in [0.29, 0.717) is 56.5 Å². The topological polar surface area (TPSA) is 107 Å². The second-order valence-corrected chi connectivity index (χ2v) is 8.04. The Morgan fingerprint density at radius 1 is 1.31 bits per heavy atom. The van der Waals surface area contributed by atoms with E-state index < -0.39 is 6.04 Å². The van der Waals surface area contributed by atoms with Crippen molar-refractivity contribution in [2.45, 2.75) is 25.3 Å². The third-order valence-electron chi connectivity index (χ3n) is 5.02. The number of hydrogen-bond donors (Lipinski definition) is 3. The zero-order chi connectivity index (χ0) is 20.6. The highest BCUT2D eigenvalue weighted by molar-refractivity contribution is 7.13. The molecule has 29 heavy (non-hydrogen) atoms. The van der Waals surface area contributed by atoms with Crippen LogP contribution >= 0.6 is 11.3 Å². The Morgan fingerprint density at radius 2 is 2.10 bits per heavy atom. The minimum Gasteiger partial charge on any atom is -0.358 e. The molecule has 3 N–H and O–H groups in total. The summed E-state index contributed by atoms with van der Waals surface area (Å²) >= 11 is 1.40. The number of rotatable bonds is 7. The zero-order valence-corrected chi connectivity index (χ0v) is 17.3. The van der Waals surface area contributed by atoms with Crippen molar-refractivity contribution in [1.82, 2.24) is 25.4 Å². The van der Waals surface area contributed by atoms with E-state index in [4.69, 9.17) is 0 Å². The van der Waals surface area contributed by atoms with Gasteiger partial charge in [0.1, 0.15) is 11.7 Å². The highest BCUT2D eigenvalue weighted by Gasteiger charge is 2.27. The maximum absolute atomic E-state index is 12.6. The largest absolute Gasteiger partial charge is 0.358 e. The van der Waals surface area contributed by atoms with E-state index in [1.165, 1.54) is 11.3 Å². The quantitative estimate of drug-likeness (QED) is 0.547. The van der Waals surface area contributed by atoms with Crippen LogP contribution in [0.15, 0.2) is 18.0 Å². The summed E-state index contributed by atoms with van der Waals surface area (Å²) in [7, 11) is 0. The van der Waals surface area contributed by atoms with Gasteiger partial charge in [0.2, 0.25) is 11.8 Å². The molecule has 0 bridgehead atoms. The Morgan fingerprint density at radius 3 is 2.86 bits per heavy atom. The average molecular weight is 421 g/mol. The van der Waals surface area contributed by atoms with Gasteiger partial charge in [0.25, 0.3) is 5.91 Å². The lowest BCUT2D eigenvalue weighted by atomic mass is 10.1. The monoisotopic (exact) mass is 420 g/mol. The first-order valence-electron chi connectivity index (χ1n) is 9.96. The van der Waals surface area contributed by atoms with Crippen LogP contribution in [0.4, 0.5) is 5.13 Å². The summed E-state index contributed by atoms with van der Waals surface area (Å²) in [6.07, 6.45) is 4.28. The molecule has 2 fully saturated rings. The van der Waals surface area contributed by atoms with Crippen LogP contribution in [0.1, 0.15) is 29.8 Å². The molecule has 0 radical (unpaired) electrons. The number of carbonyl (C=O) groups excluding carboxylic acids is 3. The molecule has 3 heterocycles. The van der Waals surface area contributed by atoms with Gasteiger partial charge < -0.3 is 20.9 Å².